The summed E-state index contributed by atoms with van der Waals surface area (Å²) in [6, 6.07) is 5.19. The Morgan fingerprint density at radius 2 is 1.83 bits per heavy atom. The maximum Gasteiger partial charge on any atom is 0.416 e. The molecule has 138 valence electrons. The predicted molar refractivity (Wildman–Crippen MR) is 89.9 cm³/mol. The van der Waals surface area contributed by atoms with Crippen molar-refractivity contribution in [1.29, 1.82) is 0 Å². The van der Waals surface area contributed by atoms with E-state index in [0.717, 1.165) is 0 Å². The lowest BCUT2D eigenvalue weighted by Crippen LogP contribution is -2.64. The van der Waals surface area contributed by atoms with Crippen LogP contribution in [0.1, 0.15) is 20.8 Å². The average Bonchev–Trinajstić information content (AvgIpc) is 2.53. The molecule has 2 rings (SSSR count). The third-order valence-electron chi connectivity index (χ3n) is 4.01. The molecule has 0 amide bonds. The topological polar surface area (TPSA) is 63.9 Å². The first kappa shape index (κ1) is 21.2. The van der Waals surface area contributed by atoms with Crippen LogP contribution in [0.3, 0.4) is 0 Å². The van der Waals surface area contributed by atoms with E-state index in [1.165, 1.54) is 11.8 Å². The number of alkyl halides is 3. The van der Waals surface area contributed by atoms with Crippen molar-refractivity contribution in [2.45, 2.75) is 51.3 Å². The molecule has 4 nitrogen and oxygen atoms in total. The standard InChI is InChI=1S/C14H17BrF3NO3.C2H6/c1-7-11(13(22)14(16,17)18)19(6-10(20)12(7)21)9-4-2-3-8(15)5-9;1-2/h2-5,7,10-13,20-22H,6H2,1H3;1-2H3. The zero-order chi connectivity index (χ0) is 18.7. The summed E-state index contributed by atoms with van der Waals surface area (Å²) in [5.41, 5.74) is 0.431. The normalized spacial score (nSPS) is 28.8. The molecule has 1 heterocycles. The largest absolute Gasteiger partial charge is 0.416 e. The molecule has 0 spiro atoms. The summed E-state index contributed by atoms with van der Waals surface area (Å²) in [7, 11) is 0. The number of halogens is 4. The first-order valence-corrected chi connectivity index (χ1v) is 8.55. The van der Waals surface area contributed by atoms with E-state index in [2.05, 4.69) is 15.9 Å². The average molecular weight is 414 g/mol. The fraction of sp³-hybridized carbons (Fsp3) is 0.625. The number of aliphatic hydroxyl groups excluding tert-OH is 3. The van der Waals surface area contributed by atoms with Gasteiger partial charge in [0, 0.05) is 22.6 Å². The fourth-order valence-electron chi connectivity index (χ4n) is 2.85. The van der Waals surface area contributed by atoms with Crippen molar-refractivity contribution in [3.05, 3.63) is 28.7 Å². The summed E-state index contributed by atoms with van der Waals surface area (Å²) in [5, 5.41) is 29.5. The quantitative estimate of drug-likeness (QED) is 0.697. The first-order valence-electron chi connectivity index (χ1n) is 7.76. The van der Waals surface area contributed by atoms with Crippen molar-refractivity contribution in [1.82, 2.24) is 0 Å². The van der Waals surface area contributed by atoms with Crippen LogP contribution in [0.4, 0.5) is 18.9 Å². The van der Waals surface area contributed by atoms with Gasteiger partial charge in [-0.3, -0.25) is 0 Å². The van der Waals surface area contributed by atoms with Gasteiger partial charge in [0.25, 0.3) is 0 Å². The van der Waals surface area contributed by atoms with E-state index >= 15 is 0 Å². The summed E-state index contributed by atoms with van der Waals surface area (Å²) < 4.78 is 39.6. The van der Waals surface area contributed by atoms with E-state index < -0.39 is 36.4 Å². The van der Waals surface area contributed by atoms with Gasteiger partial charge in [0.05, 0.1) is 18.2 Å². The van der Waals surface area contributed by atoms with Crippen LogP contribution >= 0.6 is 15.9 Å². The van der Waals surface area contributed by atoms with Gasteiger partial charge in [-0.1, -0.05) is 42.8 Å². The molecular formula is C16H23BrF3NO3. The molecule has 0 aliphatic carbocycles. The third-order valence-corrected chi connectivity index (χ3v) is 4.51. The first-order chi connectivity index (χ1) is 11.1. The molecule has 5 atom stereocenters. The molecule has 0 radical (unpaired) electrons. The van der Waals surface area contributed by atoms with Gasteiger partial charge in [0.1, 0.15) is 0 Å². The second kappa shape index (κ2) is 8.51. The van der Waals surface area contributed by atoms with Crippen LogP contribution in [0.5, 0.6) is 0 Å². The lowest BCUT2D eigenvalue weighted by molar-refractivity contribution is -0.220. The number of rotatable bonds is 2. The highest BCUT2D eigenvalue weighted by atomic mass is 79.9. The van der Waals surface area contributed by atoms with Crippen molar-refractivity contribution < 1.29 is 28.5 Å². The molecule has 0 bridgehead atoms. The van der Waals surface area contributed by atoms with Crippen LogP contribution in [-0.2, 0) is 0 Å². The lowest BCUT2D eigenvalue weighted by Gasteiger charge is -2.48. The van der Waals surface area contributed by atoms with Crippen LogP contribution in [0.15, 0.2) is 28.7 Å². The SMILES string of the molecule is CC.CC1C(O)C(O)CN(c2cccc(Br)c2)C1C(O)C(F)(F)F. The van der Waals surface area contributed by atoms with Crippen molar-refractivity contribution >= 4 is 21.6 Å². The number of nitrogens with zero attached hydrogens (tertiary/aromatic N) is 1. The van der Waals surface area contributed by atoms with Crippen LogP contribution in [-0.4, -0.2) is 52.4 Å². The Morgan fingerprint density at radius 1 is 1.25 bits per heavy atom. The molecule has 0 aromatic heterocycles. The Bertz CT molecular complexity index is 530. The fourth-order valence-corrected chi connectivity index (χ4v) is 3.24. The number of hydrogen-bond donors (Lipinski definition) is 3. The molecule has 1 fully saturated rings. The Hall–Kier alpha value is -0.830. The molecule has 1 saturated heterocycles. The molecule has 24 heavy (non-hydrogen) atoms. The van der Waals surface area contributed by atoms with E-state index in [1.807, 2.05) is 13.8 Å². The highest BCUT2D eigenvalue weighted by Crippen LogP contribution is 2.36. The zero-order valence-corrected chi connectivity index (χ0v) is 15.3. The third kappa shape index (κ3) is 4.62. The van der Waals surface area contributed by atoms with Gasteiger partial charge in [-0.05, 0) is 18.2 Å². The van der Waals surface area contributed by atoms with Crippen molar-refractivity contribution in [3.8, 4) is 0 Å². The van der Waals surface area contributed by atoms with Crippen LogP contribution in [0.2, 0.25) is 0 Å². The number of β-amino-alcohol motifs (C(OH)–C–C–N with tert-alkyl or cyclic N) is 1. The molecule has 8 heteroatoms. The van der Waals surface area contributed by atoms with Crippen molar-refractivity contribution in [2.75, 3.05) is 11.4 Å². The van der Waals surface area contributed by atoms with Crippen molar-refractivity contribution in [3.63, 3.8) is 0 Å². The molecule has 1 aliphatic rings. The van der Waals surface area contributed by atoms with Gasteiger partial charge in [-0.2, -0.15) is 13.2 Å². The van der Waals surface area contributed by atoms with Gasteiger partial charge in [0.2, 0.25) is 0 Å². The number of hydrogen-bond acceptors (Lipinski definition) is 4. The van der Waals surface area contributed by atoms with Gasteiger partial charge >= 0.3 is 6.18 Å². The van der Waals surface area contributed by atoms with E-state index in [4.69, 9.17) is 0 Å². The lowest BCUT2D eigenvalue weighted by atomic mass is 9.83. The van der Waals surface area contributed by atoms with Gasteiger partial charge in [-0.25, -0.2) is 0 Å². The summed E-state index contributed by atoms with van der Waals surface area (Å²) in [5.74, 6) is -0.959. The summed E-state index contributed by atoms with van der Waals surface area (Å²) in [4.78, 5) is 1.30. The Kier molecular flexibility index (Phi) is 7.52. The minimum atomic E-state index is -4.81. The maximum atomic E-state index is 13.0. The molecule has 3 N–H and O–H groups in total. The molecule has 1 aromatic carbocycles. The smallest absolute Gasteiger partial charge is 0.390 e. The maximum absolute atomic E-state index is 13.0. The summed E-state index contributed by atoms with van der Waals surface area (Å²) in [6.45, 7) is 5.19. The molecule has 0 saturated carbocycles. The highest BCUT2D eigenvalue weighted by molar-refractivity contribution is 9.10. The van der Waals surface area contributed by atoms with Crippen LogP contribution in [0.25, 0.3) is 0 Å². The van der Waals surface area contributed by atoms with Gasteiger partial charge < -0.3 is 20.2 Å². The second-order valence-corrected chi connectivity index (χ2v) is 6.44. The Morgan fingerprint density at radius 3 is 2.33 bits per heavy atom. The highest BCUT2D eigenvalue weighted by Gasteiger charge is 2.52. The minimum absolute atomic E-state index is 0.195. The number of benzene rings is 1. The summed E-state index contributed by atoms with van der Waals surface area (Å²) >= 11 is 3.24. The molecular weight excluding hydrogens is 391 g/mol. The molecule has 1 aliphatic heterocycles. The molecule has 5 unspecified atom stereocenters. The molecule has 1 aromatic rings. The van der Waals surface area contributed by atoms with Crippen LogP contribution in [0, 0.1) is 5.92 Å². The number of piperidine rings is 1. The zero-order valence-electron chi connectivity index (χ0n) is 13.7. The van der Waals surface area contributed by atoms with E-state index in [-0.39, 0.29) is 6.54 Å². The summed E-state index contributed by atoms with van der Waals surface area (Å²) in [6.07, 6.45) is -9.95. The second-order valence-electron chi connectivity index (χ2n) is 5.53. The van der Waals surface area contributed by atoms with Crippen molar-refractivity contribution in [2.24, 2.45) is 5.92 Å². The minimum Gasteiger partial charge on any atom is -0.390 e. The van der Waals surface area contributed by atoms with Gasteiger partial charge in [-0.15, -0.1) is 0 Å². The number of aliphatic hydroxyl groups is 3. The Balaban J connectivity index is 0.00000139. The van der Waals surface area contributed by atoms with E-state index in [9.17, 15) is 28.5 Å². The van der Waals surface area contributed by atoms with Gasteiger partial charge in [0.15, 0.2) is 6.10 Å². The Labute approximate surface area is 148 Å². The monoisotopic (exact) mass is 413 g/mol. The number of anilines is 1. The van der Waals surface area contributed by atoms with Crippen LogP contribution < -0.4 is 4.90 Å². The predicted octanol–water partition coefficient (Wildman–Crippen LogP) is 2.95. The van der Waals surface area contributed by atoms with E-state index in [0.29, 0.717) is 10.2 Å². The van der Waals surface area contributed by atoms with E-state index in [1.54, 1.807) is 24.3 Å².